The standard InChI is InChI=1S/C22H20N2O2/c1-14-2-8-18-19-9-5-16(11-21(19)24-20(18)10-14)12-22(26)23-17-6-3-15(13-25)4-7-17/h2-11,24-25H,12-13H2,1H3,(H,23,26). The number of aliphatic hydroxyl groups excluding tert-OH is 1. The van der Waals surface area contributed by atoms with Crippen LogP contribution in [0, 0.1) is 6.92 Å². The number of aromatic nitrogens is 1. The van der Waals surface area contributed by atoms with Gasteiger partial charge in [-0.15, -0.1) is 0 Å². The van der Waals surface area contributed by atoms with Crippen molar-refractivity contribution in [2.75, 3.05) is 5.32 Å². The number of rotatable bonds is 4. The summed E-state index contributed by atoms with van der Waals surface area (Å²) in [4.78, 5) is 15.8. The minimum atomic E-state index is -0.0620. The zero-order valence-electron chi connectivity index (χ0n) is 14.5. The third kappa shape index (κ3) is 3.19. The summed E-state index contributed by atoms with van der Waals surface area (Å²) in [6.07, 6.45) is 0.312. The summed E-state index contributed by atoms with van der Waals surface area (Å²) in [6.45, 7) is 2.08. The van der Waals surface area contributed by atoms with Gasteiger partial charge in [-0.25, -0.2) is 0 Å². The molecule has 1 amide bonds. The monoisotopic (exact) mass is 344 g/mol. The molecule has 0 saturated heterocycles. The lowest BCUT2D eigenvalue weighted by Gasteiger charge is -2.06. The van der Waals surface area contributed by atoms with Crippen molar-refractivity contribution in [2.45, 2.75) is 20.0 Å². The molecule has 4 aromatic rings. The third-order valence-corrected chi connectivity index (χ3v) is 4.60. The van der Waals surface area contributed by atoms with E-state index in [0.29, 0.717) is 6.42 Å². The number of aromatic amines is 1. The Hall–Kier alpha value is -3.11. The van der Waals surface area contributed by atoms with E-state index in [9.17, 15) is 4.79 Å². The highest BCUT2D eigenvalue weighted by Gasteiger charge is 2.08. The lowest BCUT2D eigenvalue weighted by Crippen LogP contribution is -2.14. The summed E-state index contributed by atoms with van der Waals surface area (Å²) >= 11 is 0. The molecule has 0 atom stereocenters. The first-order valence-electron chi connectivity index (χ1n) is 8.63. The molecule has 0 aliphatic heterocycles. The Morgan fingerprint density at radius 3 is 2.31 bits per heavy atom. The molecule has 0 aliphatic carbocycles. The second kappa shape index (κ2) is 6.65. The van der Waals surface area contributed by atoms with Crippen LogP contribution in [0.4, 0.5) is 5.69 Å². The van der Waals surface area contributed by atoms with Crippen LogP contribution in [0.25, 0.3) is 21.8 Å². The molecule has 0 unspecified atom stereocenters. The van der Waals surface area contributed by atoms with E-state index in [4.69, 9.17) is 5.11 Å². The Balaban J connectivity index is 1.54. The molecule has 4 heteroatoms. The molecule has 3 N–H and O–H groups in total. The second-order valence-electron chi connectivity index (χ2n) is 6.63. The zero-order chi connectivity index (χ0) is 18.1. The average molecular weight is 344 g/mol. The molecule has 0 radical (unpaired) electrons. The van der Waals surface area contributed by atoms with Gasteiger partial charge in [-0.2, -0.15) is 0 Å². The van der Waals surface area contributed by atoms with Crippen LogP contribution in [0.3, 0.4) is 0 Å². The van der Waals surface area contributed by atoms with Gasteiger partial charge in [-0.05, 0) is 47.9 Å². The van der Waals surface area contributed by atoms with Crippen LogP contribution in [0.2, 0.25) is 0 Å². The molecule has 0 fully saturated rings. The van der Waals surface area contributed by atoms with Gasteiger partial charge in [0.05, 0.1) is 13.0 Å². The first-order valence-corrected chi connectivity index (χ1v) is 8.63. The van der Waals surface area contributed by atoms with Crippen molar-refractivity contribution >= 4 is 33.4 Å². The maximum absolute atomic E-state index is 12.3. The lowest BCUT2D eigenvalue weighted by atomic mass is 10.1. The number of nitrogens with one attached hydrogen (secondary N) is 2. The first-order chi connectivity index (χ1) is 12.6. The van der Waals surface area contributed by atoms with Crippen LogP contribution in [0.15, 0.2) is 60.7 Å². The fourth-order valence-corrected chi connectivity index (χ4v) is 3.27. The maximum atomic E-state index is 12.3. The molecule has 4 nitrogen and oxygen atoms in total. The van der Waals surface area contributed by atoms with Gasteiger partial charge in [0.1, 0.15) is 0 Å². The van der Waals surface area contributed by atoms with Crippen molar-refractivity contribution < 1.29 is 9.90 Å². The number of amides is 1. The van der Waals surface area contributed by atoms with Gasteiger partial charge in [0, 0.05) is 27.5 Å². The molecular weight excluding hydrogens is 324 g/mol. The number of H-pyrrole nitrogens is 1. The Labute approximate surface area is 151 Å². The second-order valence-corrected chi connectivity index (χ2v) is 6.63. The Morgan fingerprint density at radius 2 is 1.58 bits per heavy atom. The van der Waals surface area contributed by atoms with Gasteiger partial charge in [0.2, 0.25) is 5.91 Å². The predicted octanol–water partition coefficient (Wildman–Crippen LogP) is 4.30. The average Bonchev–Trinajstić information content (AvgIpc) is 2.98. The summed E-state index contributed by atoms with van der Waals surface area (Å²) in [5.41, 5.74) is 5.90. The highest BCUT2D eigenvalue weighted by Crippen LogP contribution is 2.27. The molecule has 3 aromatic carbocycles. The Kier molecular flexibility index (Phi) is 4.19. The molecule has 0 bridgehead atoms. The van der Waals surface area contributed by atoms with Crippen LogP contribution < -0.4 is 5.32 Å². The van der Waals surface area contributed by atoms with Crippen molar-refractivity contribution in [3.63, 3.8) is 0 Å². The van der Waals surface area contributed by atoms with Gasteiger partial charge in [-0.1, -0.05) is 36.4 Å². The number of carbonyl (C=O) groups is 1. The zero-order valence-corrected chi connectivity index (χ0v) is 14.5. The highest BCUT2D eigenvalue weighted by molar-refractivity contribution is 6.07. The van der Waals surface area contributed by atoms with Crippen molar-refractivity contribution in [3.05, 3.63) is 77.4 Å². The summed E-state index contributed by atoms with van der Waals surface area (Å²) in [5.74, 6) is -0.0620. The predicted molar refractivity (Wildman–Crippen MR) is 105 cm³/mol. The first kappa shape index (κ1) is 16.4. The smallest absolute Gasteiger partial charge is 0.228 e. The molecular formula is C22H20N2O2. The minimum Gasteiger partial charge on any atom is -0.392 e. The molecule has 1 heterocycles. The van der Waals surface area contributed by atoms with E-state index in [0.717, 1.165) is 27.8 Å². The van der Waals surface area contributed by atoms with Crippen LogP contribution in [-0.4, -0.2) is 16.0 Å². The van der Waals surface area contributed by atoms with Crippen molar-refractivity contribution in [1.29, 1.82) is 0 Å². The molecule has 0 saturated carbocycles. The largest absolute Gasteiger partial charge is 0.392 e. The third-order valence-electron chi connectivity index (χ3n) is 4.60. The minimum absolute atomic E-state index is 0.00172. The van der Waals surface area contributed by atoms with Gasteiger partial charge in [0.15, 0.2) is 0 Å². The van der Waals surface area contributed by atoms with Crippen molar-refractivity contribution in [3.8, 4) is 0 Å². The van der Waals surface area contributed by atoms with E-state index in [2.05, 4.69) is 41.5 Å². The van der Waals surface area contributed by atoms with Gasteiger partial charge >= 0.3 is 0 Å². The number of anilines is 1. The van der Waals surface area contributed by atoms with E-state index in [1.54, 1.807) is 24.3 Å². The normalized spacial score (nSPS) is 11.2. The SMILES string of the molecule is Cc1ccc2c(c1)[nH]c1cc(CC(=O)Nc3ccc(CO)cc3)ccc12. The summed E-state index contributed by atoms with van der Waals surface area (Å²) in [5, 5.41) is 14.3. The molecule has 1 aromatic heterocycles. The summed E-state index contributed by atoms with van der Waals surface area (Å²) in [6, 6.07) is 19.7. The lowest BCUT2D eigenvalue weighted by molar-refractivity contribution is -0.115. The Bertz CT molecular complexity index is 1090. The fraction of sp³-hybridized carbons (Fsp3) is 0.136. The topological polar surface area (TPSA) is 65.1 Å². The van der Waals surface area contributed by atoms with E-state index in [1.165, 1.54) is 16.3 Å². The van der Waals surface area contributed by atoms with Crippen molar-refractivity contribution in [2.24, 2.45) is 0 Å². The van der Waals surface area contributed by atoms with Gasteiger partial charge < -0.3 is 15.4 Å². The highest BCUT2D eigenvalue weighted by atomic mass is 16.3. The number of hydrogen-bond acceptors (Lipinski definition) is 2. The molecule has 0 spiro atoms. The van der Waals surface area contributed by atoms with Gasteiger partial charge in [-0.3, -0.25) is 4.79 Å². The number of benzene rings is 3. The van der Waals surface area contributed by atoms with E-state index in [-0.39, 0.29) is 12.5 Å². The number of aliphatic hydroxyl groups is 1. The summed E-state index contributed by atoms with van der Waals surface area (Å²) < 4.78 is 0. The number of hydrogen-bond donors (Lipinski definition) is 3. The van der Waals surface area contributed by atoms with E-state index < -0.39 is 0 Å². The quantitative estimate of drug-likeness (QED) is 0.517. The number of fused-ring (bicyclic) bond motifs is 3. The van der Waals surface area contributed by atoms with Crippen LogP contribution in [0.1, 0.15) is 16.7 Å². The van der Waals surface area contributed by atoms with Crippen molar-refractivity contribution in [1.82, 2.24) is 4.98 Å². The maximum Gasteiger partial charge on any atom is 0.228 e. The van der Waals surface area contributed by atoms with E-state index in [1.807, 2.05) is 12.1 Å². The van der Waals surface area contributed by atoms with Crippen LogP contribution in [0.5, 0.6) is 0 Å². The molecule has 0 aliphatic rings. The molecule has 130 valence electrons. The Morgan fingerprint density at radius 1 is 0.923 bits per heavy atom. The van der Waals surface area contributed by atoms with Crippen LogP contribution >= 0.6 is 0 Å². The fourth-order valence-electron chi connectivity index (χ4n) is 3.27. The number of aryl methyl sites for hydroxylation is 1. The van der Waals surface area contributed by atoms with E-state index >= 15 is 0 Å². The van der Waals surface area contributed by atoms with Crippen LogP contribution in [-0.2, 0) is 17.8 Å². The molecule has 26 heavy (non-hydrogen) atoms. The summed E-state index contributed by atoms with van der Waals surface area (Å²) in [7, 11) is 0. The number of carbonyl (C=O) groups excluding carboxylic acids is 1. The van der Waals surface area contributed by atoms with Gasteiger partial charge in [0.25, 0.3) is 0 Å². The molecule has 4 rings (SSSR count).